The average Bonchev–Trinajstić information content (AvgIpc) is 3.21. The molecule has 0 spiro atoms. The average molecular weight is 565 g/mol. The Bertz CT molecular complexity index is 1130. The van der Waals surface area contributed by atoms with Crippen molar-refractivity contribution < 1.29 is 28.1 Å². The van der Waals surface area contributed by atoms with E-state index in [9.17, 15) is 4.79 Å². The largest absolute Gasteiger partial charge is 0.469 e. The molecule has 0 aliphatic carbocycles. The number of halogens is 1. The molecular weight excluding hydrogens is 519 g/mol. The van der Waals surface area contributed by atoms with Gasteiger partial charge in [0, 0.05) is 40.5 Å². The molecule has 9 nitrogen and oxygen atoms in total. The van der Waals surface area contributed by atoms with Gasteiger partial charge in [-0.1, -0.05) is 19.6 Å². The Hall–Kier alpha value is -2.24. The molecule has 0 radical (unpaired) electrons. The third-order valence-electron chi connectivity index (χ3n) is 7.19. The van der Waals surface area contributed by atoms with Crippen molar-refractivity contribution >= 4 is 25.2 Å². The van der Waals surface area contributed by atoms with E-state index < -0.39 is 32.0 Å². The summed E-state index contributed by atoms with van der Waals surface area (Å²) in [7, 11) is -1.21. The van der Waals surface area contributed by atoms with Crippen LogP contribution in [0.2, 0.25) is 25.7 Å². The molecule has 4 heterocycles. The zero-order chi connectivity index (χ0) is 28.4. The summed E-state index contributed by atoms with van der Waals surface area (Å²) in [5.41, 5.74) is 1.14. The van der Waals surface area contributed by atoms with Crippen molar-refractivity contribution in [1.82, 2.24) is 19.4 Å². The van der Waals surface area contributed by atoms with Crippen molar-refractivity contribution in [3.8, 4) is 5.88 Å². The van der Waals surface area contributed by atoms with Crippen LogP contribution in [0.1, 0.15) is 58.4 Å². The van der Waals surface area contributed by atoms with E-state index in [0.717, 1.165) is 29.8 Å². The Balaban J connectivity index is 1.61. The SMILES string of the molecule is CC1CC(c2cn(COCC[Si](C)(C)C)c3ncnc(O[C@H]4CN(C(=O)OC(C)(C)C)CC[C@H]4F)c23)CCO1. The van der Waals surface area contributed by atoms with Crippen LogP contribution in [0.3, 0.4) is 0 Å². The molecule has 2 aromatic heterocycles. The molecule has 0 aromatic carbocycles. The van der Waals surface area contributed by atoms with Crippen LogP contribution in [-0.2, 0) is 20.9 Å². The number of amides is 1. The molecule has 2 aromatic rings. The van der Waals surface area contributed by atoms with Gasteiger partial charge < -0.3 is 28.4 Å². The number of likely N-dealkylation sites (tertiary alicyclic amines) is 1. The van der Waals surface area contributed by atoms with E-state index in [1.807, 2.05) is 25.3 Å². The normalized spacial score (nSPS) is 24.7. The van der Waals surface area contributed by atoms with Crippen LogP contribution in [0, 0.1) is 0 Å². The zero-order valence-electron chi connectivity index (χ0n) is 24.5. The fraction of sp³-hybridized carbons (Fsp3) is 0.750. The molecule has 0 bridgehead atoms. The number of carbonyl (C=O) groups excluding carboxylic acids is 1. The first-order chi connectivity index (χ1) is 18.3. The van der Waals surface area contributed by atoms with E-state index in [2.05, 4.69) is 42.7 Å². The molecule has 2 fully saturated rings. The molecule has 2 unspecified atom stereocenters. The standard InChI is InChI=1S/C28H45FN4O5Si/c1-19-14-20(9-11-36-19)21-15-33(18-35-12-13-39(5,6)7)25-24(21)26(31-17-30-25)37-23-16-32(10-8-22(23)29)27(34)38-28(2,3)4/h15,17,19-20,22-23H,8-14,16,18H2,1-7H3/t19?,20?,22-,23+/m1/s1. The Morgan fingerprint density at radius 1 is 1.23 bits per heavy atom. The highest BCUT2D eigenvalue weighted by Gasteiger charge is 2.36. The Kier molecular flexibility index (Phi) is 9.22. The molecule has 218 valence electrons. The number of hydrogen-bond donors (Lipinski definition) is 0. The maximum absolute atomic E-state index is 15.1. The fourth-order valence-corrected chi connectivity index (χ4v) is 5.84. The van der Waals surface area contributed by atoms with Crippen LogP contribution in [-0.4, -0.2) is 83.9 Å². The van der Waals surface area contributed by atoms with Crippen LogP contribution in [0.25, 0.3) is 11.0 Å². The molecule has 0 N–H and O–H groups in total. The molecule has 0 saturated carbocycles. The second-order valence-electron chi connectivity index (χ2n) is 13.1. The summed E-state index contributed by atoms with van der Waals surface area (Å²) in [4.78, 5) is 23.3. The molecule has 4 atom stereocenters. The van der Waals surface area contributed by atoms with Crippen molar-refractivity contribution in [2.75, 3.05) is 26.3 Å². The molecule has 39 heavy (non-hydrogen) atoms. The summed E-state index contributed by atoms with van der Waals surface area (Å²) in [5, 5.41) is 0.784. The number of hydrogen-bond acceptors (Lipinski definition) is 7. The van der Waals surface area contributed by atoms with Crippen molar-refractivity contribution in [3.05, 3.63) is 18.1 Å². The summed E-state index contributed by atoms with van der Waals surface area (Å²) in [5.74, 6) is 0.576. The van der Waals surface area contributed by atoms with Gasteiger partial charge in [-0.25, -0.2) is 19.2 Å². The van der Waals surface area contributed by atoms with Gasteiger partial charge in [-0.15, -0.1) is 0 Å². The van der Waals surface area contributed by atoms with Crippen LogP contribution in [0.15, 0.2) is 12.5 Å². The van der Waals surface area contributed by atoms with E-state index >= 15 is 4.39 Å². The number of fused-ring (bicyclic) bond motifs is 1. The van der Waals surface area contributed by atoms with Gasteiger partial charge in [0.15, 0.2) is 0 Å². The van der Waals surface area contributed by atoms with Gasteiger partial charge in [-0.05, 0) is 58.1 Å². The maximum atomic E-state index is 15.1. The number of piperidine rings is 1. The first-order valence-electron chi connectivity index (χ1n) is 14.1. The van der Waals surface area contributed by atoms with Gasteiger partial charge in [-0.2, -0.15) is 0 Å². The molecule has 2 aliphatic rings. The minimum atomic E-state index is -1.23. The molecule has 11 heteroatoms. The first kappa shape index (κ1) is 29.7. The number of alkyl halides is 1. The Labute approximate surface area is 232 Å². The summed E-state index contributed by atoms with van der Waals surface area (Å²) < 4.78 is 40.8. The monoisotopic (exact) mass is 564 g/mol. The predicted molar refractivity (Wildman–Crippen MR) is 151 cm³/mol. The minimum absolute atomic E-state index is 0.0890. The minimum Gasteiger partial charge on any atom is -0.469 e. The van der Waals surface area contributed by atoms with Crippen molar-refractivity contribution in [2.45, 2.75) is 109 Å². The third-order valence-corrected chi connectivity index (χ3v) is 8.90. The lowest BCUT2D eigenvalue weighted by Crippen LogP contribution is -2.51. The summed E-state index contributed by atoms with van der Waals surface area (Å²) in [6, 6.07) is 1.08. The Morgan fingerprint density at radius 3 is 2.69 bits per heavy atom. The zero-order valence-corrected chi connectivity index (χ0v) is 25.5. The lowest BCUT2D eigenvalue weighted by atomic mass is 9.89. The lowest BCUT2D eigenvalue weighted by molar-refractivity contribution is -0.0130. The first-order valence-corrected chi connectivity index (χ1v) is 17.8. The van der Waals surface area contributed by atoms with Gasteiger partial charge in [0.1, 0.15) is 36.6 Å². The quantitative estimate of drug-likeness (QED) is 0.298. The van der Waals surface area contributed by atoms with Gasteiger partial charge >= 0.3 is 6.09 Å². The van der Waals surface area contributed by atoms with E-state index in [0.29, 0.717) is 31.5 Å². The number of ether oxygens (including phenoxy) is 4. The van der Waals surface area contributed by atoms with E-state index in [-0.39, 0.29) is 31.5 Å². The van der Waals surface area contributed by atoms with E-state index in [4.69, 9.17) is 18.9 Å². The van der Waals surface area contributed by atoms with Crippen LogP contribution < -0.4 is 4.74 Å². The number of aromatic nitrogens is 3. The summed E-state index contributed by atoms with van der Waals surface area (Å²) >= 11 is 0. The highest BCUT2D eigenvalue weighted by atomic mass is 28.3. The van der Waals surface area contributed by atoms with Crippen LogP contribution in [0.5, 0.6) is 5.88 Å². The number of nitrogens with zero attached hydrogens (tertiary/aromatic N) is 4. The second kappa shape index (κ2) is 12.1. The highest BCUT2D eigenvalue weighted by Crippen LogP contribution is 2.39. The number of rotatable bonds is 8. The topological polar surface area (TPSA) is 87.9 Å². The van der Waals surface area contributed by atoms with E-state index in [1.165, 1.54) is 11.2 Å². The molecular formula is C28H45FN4O5Si. The van der Waals surface area contributed by atoms with Crippen LogP contribution in [0.4, 0.5) is 9.18 Å². The van der Waals surface area contributed by atoms with E-state index in [1.54, 1.807) is 0 Å². The van der Waals surface area contributed by atoms with Gasteiger partial charge in [0.25, 0.3) is 0 Å². The Morgan fingerprint density at radius 2 is 2.00 bits per heavy atom. The molecule has 2 saturated heterocycles. The van der Waals surface area contributed by atoms with Crippen molar-refractivity contribution in [3.63, 3.8) is 0 Å². The van der Waals surface area contributed by atoms with Gasteiger partial charge in [0.2, 0.25) is 5.88 Å². The maximum Gasteiger partial charge on any atom is 0.410 e. The predicted octanol–water partition coefficient (Wildman–Crippen LogP) is 5.75. The fourth-order valence-electron chi connectivity index (χ4n) is 5.08. The lowest BCUT2D eigenvalue weighted by Gasteiger charge is -2.35. The summed E-state index contributed by atoms with van der Waals surface area (Å²) in [6.45, 7) is 16.6. The smallest absolute Gasteiger partial charge is 0.410 e. The van der Waals surface area contributed by atoms with Gasteiger partial charge in [-0.3, -0.25) is 0 Å². The van der Waals surface area contributed by atoms with Crippen molar-refractivity contribution in [1.29, 1.82) is 0 Å². The molecule has 1 amide bonds. The number of carbonyl (C=O) groups is 1. The van der Waals surface area contributed by atoms with Crippen LogP contribution >= 0.6 is 0 Å². The van der Waals surface area contributed by atoms with Gasteiger partial charge in [0.05, 0.1) is 18.0 Å². The summed E-state index contributed by atoms with van der Waals surface area (Å²) in [6.07, 6.45) is 3.04. The molecule has 2 aliphatic heterocycles. The highest BCUT2D eigenvalue weighted by molar-refractivity contribution is 6.76. The molecule has 4 rings (SSSR count). The third kappa shape index (κ3) is 7.91. The van der Waals surface area contributed by atoms with Crippen molar-refractivity contribution in [2.24, 2.45) is 0 Å². The second-order valence-corrected chi connectivity index (χ2v) is 18.7.